The first kappa shape index (κ1) is 25.1. The monoisotopic (exact) mass is 421 g/mol. The van der Waals surface area contributed by atoms with Gasteiger partial charge in [-0.05, 0) is 49.9 Å². The number of cyclic esters (lactones) is 1. The van der Waals surface area contributed by atoms with Crippen LogP contribution in [0.1, 0.15) is 73.1 Å². The van der Waals surface area contributed by atoms with Crippen LogP contribution in [0.3, 0.4) is 0 Å². The molecule has 7 atom stereocenters. The topological polar surface area (TPSA) is 76.0 Å². The molecule has 2 rings (SSSR count). The Bertz CT molecular complexity index is 596. The molecule has 0 amide bonds. The van der Waals surface area contributed by atoms with E-state index in [9.17, 15) is 15.0 Å². The van der Waals surface area contributed by atoms with Crippen LogP contribution in [0.2, 0.25) is 0 Å². The van der Waals surface area contributed by atoms with Gasteiger partial charge in [0.05, 0.1) is 18.6 Å². The van der Waals surface area contributed by atoms with Crippen molar-refractivity contribution in [2.75, 3.05) is 0 Å². The maximum atomic E-state index is 11.7. The number of aliphatic hydroxyl groups is 2. The molecular formula is C25H41O5. The van der Waals surface area contributed by atoms with Crippen molar-refractivity contribution in [2.45, 2.75) is 97.7 Å². The summed E-state index contributed by atoms with van der Waals surface area (Å²) in [5.74, 6) is 0.525. The van der Waals surface area contributed by atoms with Gasteiger partial charge in [-0.3, -0.25) is 4.79 Å². The third kappa shape index (κ3) is 7.82. The van der Waals surface area contributed by atoms with Gasteiger partial charge in [0.15, 0.2) is 6.29 Å². The third-order valence-electron chi connectivity index (χ3n) is 6.65. The van der Waals surface area contributed by atoms with Gasteiger partial charge in [0.1, 0.15) is 6.10 Å². The number of esters is 1. The summed E-state index contributed by atoms with van der Waals surface area (Å²) < 4.78 is 11.6. The summed E-state index contributed by atoms with van der Waals surface area (Å²) in [4.78, 5) is 11.7. The smallest absolute Gasteiger partial charge is 0.308 e. The molecule has 2 aliphatic rings. The first-order chi connectivity index (χ1) is 14.1. The minimum atomic E-state index is -0.830. The van der Waals surface area contributed by atoms with Crippen LogP contribution >= 0.6 is 0 Å². The van der Waals surface area contributed by atoms with Gasteiger partial charge in [-0.2, -0.15) is 0 Å². The number of rotatable bonds is 7. The van der Waals surface area contributed by atoms with Crippen LogP contribution < -0.4 is 0 Å². The lowest BCUT2D eigenvalue weighted by Crippen LogP contribution is -2.37. The second kappa shape index (κ2) is 11.4. The molecule has 1 radical (unpaired) electrons. The number of ether oxygens (including phenoxy) is 2. The number of carbonyl (C=O) groups is 1. The molecule has 30 heavy (non-hydrogen) atoms. The molecule has 0 saturated carbocycles. The van der Waals surface area contributed by atoms with Crippen molar-refractivity contribution in [1.82, 2.24) is 0 Å². The summed E-state index contributed by atoms with van der Waals surface area (Å²) in [6.45, 7) is 10.4. The quantitative estimate of drug-likeness (QED) is 0.465. The summed E-state index contributed by atoms with van der Waals surface area (Å²) in [6, 6.07) is 0. The van der Waals surface area contributed by atoms with Crippen LogP contribution in [0, 0.1) is 29.6 Å². The lowest BCUT2D eigenvalue weighted by atomic mass is 9.81. The second-order valence-electron chi connectivity index (χ2n) is 9.85. The van der Waals surface area contributed by atoms with Crippen molar-refractivity contribution in [2.24, 2.45) is 23.2 Å². The van der Waals surface area contributed by atoms with E-state index in [1.807, 2.05) is 13.8 Å². The zero-order valence-corrected chi connectivity index (χ0v) is 19.3. The Labute approximate surface area is 182 Å². The summed E-state index contributed by atoms with van der Waals surface area (Å²) in [6.07, 6.45) is 12.7. The second-order valence-corrected chi connectivity index (χ2v) is 9.85. The molecule has 0 aromatic rings. The molecule has 1 fully saturated rings. The maximum absolute atomic E-state index is 11.7. The summed E-state index contributed by atoms with van der Waals surface area (Å²) in [7, 11) is 0. The predicted molar refractivity (Wildman–Crippen MR) is 118 cm³/mol. The molecule has 0 bridgehead atoms. The minimum absolute atomic E-state index is 0.0937. The van der Waals surface area contributed by atoms with Crippen LogP contribution in [0.5, 0.6) is 0 Å². The first-order valence-electron chi connectivity index (χ1n) is 11.5. The van der Waals surface area contributed by atoms with Crippen molar-refractivity contribution in [3.63, 3.8) is 0 Å². The van der Waals surface area contributed by atoms with E-state index in [0.717, 1.165) is 19.3 Å². The molecule has 2 N–H and O–H groups in total. The Hall–Kier alpha value is -1.17. The van der Waals surface area contributed by atoms with Gasteiger partial charge in [0, 0.05) is 11.8 Å². The van der Waals surface area contributed by atoms with Crippen LogP contribution in [0.25, 0.3) is 0 Å². The number of hydrogen-bond acceptors (Lipinski definition) is 5. The van der Waals surface area contributed by atoms with Crippen LogP contribution in [-0.2, 0) is 14.3 Å². The number of aliphatic hydroxyl groups excluding tert-OH is 2. The Kier molecular flexibility index (Phi) is 9.58. The molecule has 5 nitrogen and oxygen atoms in total. The Morgan fingerprint density at radius 2 is 1.90 bits per heavy atom. The van der Waals surface area contributed by atoms with E-state index in [-0.39, 0.29) is 41.8 Å². The molecule has 1 aliphatic carbocycles. The summed E-state index contributed by atoms with van der Waals surface area (Å²) >= 11 is 0. The maximum Gasteiger partial charge on any atom is 0.308 e. The van der Waals surface area contributed by atoms with Gasteiger partial charge < -0.3 is 19.7 Å². The molecule has 0 spiro atoms. The zero-order valence-electron chi connectivity index (χ0n) is 19.3. The fraction of sp³-hybridized carbons (Fsp3) is 0.760. The van der Waals surface area contributed by atoms with E-state index >= 15 is 0 Å². The molecule has 3 unspecified atom stereocenters. The number of carbonyl (C=O) groups excluding carboxylic acids is 1. The molecule has 0 aromatic heterocycles. The average molecular weight is 422 g/mol. The zero-order chi connectivity index (χ0) is 22.3. The van der Waals surface area contributed by atoms with Crippen LogP contribution in [-0.4, -0.2) is 40.8 Å². The molecule has 1 heterocycles. The van der Waals surface area contributed by atoms with Gasteiger partial charge in [-0.25, -0.2) is 0 Å². The molecule has 1 saturated heterocycles. The number of allylic oxidation sites excluding steroid dienone is 4. The molecule has 0 aromatic carbocycles. The third-order valence-corrected chi connectivity index (χ3v) is 6.65. The molecule has 1 aliphatic heterocycles. The normalized spacial score (nSPS) is 36.6. The molecule has 171 valence electrons. The minimum Gasteiger partial charge on any atom is -0.462 e. The molecular weight excluding hydrogens is 380 g/mol. The lowest BCUT2D eigenvalue weighted by Gasteiger charge is -2.35. The van der Waals surface area contributed by atoms with Crippen molar-refractivity contribution < 1.29 is 24.5 Å². The van der Waals surface area contributed by atoms with Gasteiger partial charge in [0.2, 0.25) is 0 Å². The highest BCUT2D eigenvalue weighted by atomic mass is 16.6. The SMILES string of the molecule is CCC(C)(C)C(O)OC1[CH][C@@H](CC[C@@H]2C[C@@H](O)CC(=O)O2)[C@@H](C)/C=C\C=C\C(C)C1. The van der Waals surface area contributed by atoms with E-state index in [2.05, 4.69) is 51.5 Å². The van der Waals surface area contributed by atoms with E-state index in [0.29, 0.717) is 18.8 Å². The lowest BCUT2D eigenvalue weighted by molar-refractivity contribution is -0.190. The highest BCUT2D eigenvalue weighted by Gasteiger charge is 2.33. The molecule has 5 heteroatoms. The predicted octanol–water partition coefficient (Wildman–Crippen LogP) is 4.58. The summed E-state index contributed by atoms with van der Waals surface area (Å²) in [5.41, 5.74) is -0.310. The van der Waals surface area contributed by atoms with Gasteiger partial charge in [-0.1, -0.05) is 58.9 Å². The first-order valence-corrected chi connectivity index (χ1v) is 11.5. The van der Waals surface area contributed by atoms with Crippen molar-refractivity contribution in [3.05, 3.63) is 30.7 Å². The Morgan fingerprint density at radius 3 is 2.57 bits per heavy atom. The van der Waals surface area contributed by atoms with Gasteiger partial charge >= 0.3 is 5.97 Å². The largest absolute Gasteiger partial charge is 0.462 e. The van der Waals surface area contributed by atoms with Crippen LogP contribution in [0.15, 0.2) is 24.3 Å². The number of hydrogen-bond donors (Lipinski definition) is 2. The van der Waals surface area contributed by atoms with Crippen molar-refractivity contribution >= 4 is 5.97 Å². The fourth-order valence-electron chi connectivity index (χ4n) is 4.01. The van der Waals surface area contributed by atoms with Crippen molar-refractivity contribution in [3.8, 4) is 0 Å². The van der Waals surface area contributed by atoms with Crippen molar-refractivity contribution in [1.29, 1.82) is 0 Å². The standard InChI is InChI=1S/C25H41O5/c1-6-25(4,5)24(28)30-22-13-17(2)9-7-8-10-18(3)19(14-22)11-12-21-15-20(26)16-23(27)29-21/h7-10,14,17-22,24,26,28H,6,11-13,15-16H2,1-5H3/b9-7+,10-8-/t17?,18-,19+,20+,21+,22?,24?/m0/s1. The average Bonchev–Trinajstić information content (AvgIpc) is 2.66. The highest BCUT2D eigenvalue weighted by Crippen LogP contribution is 2.33. The van der Waals surface area contributed by atoms with E-state index in [4.69, 9.17) is 9.47 Å². The van der Waals surface area contributed by atoms with Gasteiger partial charge in [-0.15, -0.1) is 0 Å². The highest BCUT2D eigenvalue weighted by molar-refractivity contribution is 5.70. The van der Waals surface area contributed by atoms with Crippen LogP contribution in [0.4, 0.5) is 0 Å². The van der Waals surface area contributed by atoms with E-state index < -0.39 is 12.4 Å². The fourth-order valence-corrected chi connectivity index (χ4v) is 4.01. The van der Waals surface area contributed by atoms with E-state index in [1.54, 1.807) is 0 Å². The van der Waals surface area contributed by atoms with Gasteiger partial charge in [0.25, 0.3) is 0 Å². The van der Waals surface area contributed by atoms with E-state index in [1.165, 1.54) is 0 Å². The Morgan fingerprint density at radius 1 is 1.20 bits per heavy atom. The Balaban J connectivity index is 2.09. The summed E-state index contributed by atoms with van der Waals surface area (Å²) in [5, 5.41) is 20.6.